The van der Waals surface area contributed by atoms with Crippen molar-refractivity contribution >= 4 is 15.9 Å². The molecule has 2 atom stereocenters. The topological polar surface area (TPSA) is 36.3 Å². The number of hydrogen-bond acceptors (Lipinski definition) is 3. The summed E-state index contributed by atoms with van der Waals surface area (Å²) in [5.74, 6) is 0.433. The second-order valence-corrected chi connectivity index (χ2v) is 6.87. The standard InChI is InChI=1S/C18H25BrN2O2/c1-15(11-21-12-18(19)10-20-21)13-22-9-8-16(2)23-14-17-6-4-3-5-7-17/h3-7,10,12,15-16H,8-9,11,13-14H2,1-2H3. The van der Waals surface area contributed by atoms with Crippen molar-refractivity contribution in [1.82, 2.24) is 9.78 Å². The van der Waals surface area contributed by atoms with Crippen molar-refractivity contribution in [3.05, 3.63) is 52.8 Å². The lowest BCUT2D eigenvalue weighted by atomic mass is 10.2. The third-order valence-electron chi connectivity index (χ3n) is 3.55. The van der Waals surface area contributed by atoms with Gasteiger partial charge in [0, 0.05) is 19.3 Å². The SMILES string of the molecule is CC(COCCC(C)OCc1ccccc1)Cn1cc(Br)cn1. The molecule has 23 heavy (non-hydrogen) atoms. The predicted molar refractivity (Wildman–Crippen MR) is 95.2 cm³/mol. The van der Waals surface area contributed by atoms with E-state index in [1.807, 2.05) is 29.1 Å². The van der Waals surface area contributed by atoms with E-state index in [1.54, 1.807) is 6.20 Å². The first-order valence-electron chi connectivity index (χ1n) is 8.04. The van der Waals surface area contributed by atoms with Crippen LogP contribution in [0.15, 0.2) is 47.2 Å². The molecule has 0 spiro atoms. The number of hydrogen-bond donors (Lipinski definition) is 0. The Balaban J connectivity index is 1.54. The van der Waals surface area contributed by atoms with Crippen LogP contribution in [0.2, 0.25) is 0 Å². The molecule has 0 N–H and O–H groups in total. The van der Waals surface area contributed by atoms with Crippen LogP contribution in [0, 0.1) is 5.92 Å². The van der Waals surface area contributed by atoms with Crippen LogP contribution in [0.4, 0.5) is 0 Å². The number of halogens is 1. The van der Waals surface area contributed by atoms with Gasteiger partial charge in [0.15, 0.2) is 0 Å². The van der Waals surface area contributed by atoms with Crippen LogP contribution in [0.25, 0.3) is 0 Å². The predicted octanol–water partition coefficient (Wildman–Crippen LogP) is 4.29. The summed E-state index contributed by atoms with van der Waals surface area (Å²) in [7, 11) is 0. The van der Waals surface area contributed by atoms with Gasteiger partial charge in [-0.1, -0.05) is 37.3 Å². The third-order valence-corrected chi connectivity index (χ3v) is 3.96. The molecule has 4 nitrogen and oxygen atoms in total. The zero-order valence-corrected chi connectivity index (χ0v) is 15.4. The first kappa shape index (κ1) is 18.2. The molecular formula is C18H25BrN2O2. The minimum absolute atomic E-state index is 0.201. The summed E-state index contributed by atoms with van der Waals surface area (Å²) in [5, 5.41) is 4.26. The average Bonchev–Trinajstić information content (AvgIpc) is 2.95. The van der Waals surface area contributed by atoms with Gasteiger partial charge in [-0.2, -0.15) is 5.10 Å². The first-order valence-corrected chi connectivity index (χ1v) is 8.84. The number of aromatic nitrogens is 2. The summed E-state index contributed by atoms with van der Waals surface area (Å²) in [6.45, 7) is 7.26. The number of ether oxygens (including phenoxy) is 2. The molecule has 2 aromatic rings. The Kier molecular flexibility index (Phi) is 7.79. The lowest BCUT2D eigenvalue weighted by Gasteiger charge is -2.15. The van der Waals surface area contributed by atoms with Gasteiger partial charge in [-0.25, -0.2) is 0 Å². The summed E-state index contributed by atoms with van der Waals surface area (Å²) >= 11 is 3.40. The molecule has 1 heterocycles. The molecule has 126 valence electrons. The highest BCUT2D eigenvalue weighted by atomic mass is 79.9. The maximum atomic E-state index is 5.83. The van der Waals surface area contributed by atoms with Gasteiger partial charge in [0.25, 0.3) is 0 Å². The van der Waals surface area contributed by atoms with Crippen LogP contribution in [0.1, 0.15) is 25.8 Å². The number of benzene rings is 1. The van der Waals surface area contributed by atoms with Gasteiger partial charge in [0.2, 0.25) is 0 Å². The fraction of sp³-hybridized carbons (Fsp3) is 0.500. The summed E-state index contributed by atoms with van der Waals surface area (Å²) in [4.78, 5) is 0. The number of rotatable bonds is 10. The molecule has 0 amide bonds. The highest BCUT2D eigenvalue weighted by molar-refractivity contribution is 9.10. The van der Waals surface area contributed by atoms with Crippen molar-refractivity contribution in [2.24, 2.45) is 5.92 Å². The molecule has 5 heteroatoms. The molecule has 0 saturated heterocycles. The molecule has 1 aromatic heterocycles. The van der Waals surface area contributed by atoms with Crippen molar-refractivity contribution in [2.45, 2.75) is 39.5 Å². The fourth-order valence-electron chi connectivity index (χ4n) is 2.24. The minimum Gasteiger partial charge on any atom is -0.381 e. The van der Waals surface area contributed by atoms with E-state index in [0.29, 0.717) is 12.5 Å². The van der Waals surface area contributed by atoms with Gasteiger partial charge in [0.1, 0.15) is 0 Å². The third kappa shape index (κ3) is 7.29. The van der Waals surface area contributed by atoms with Crippen molar-refractivity contribution < 1.29 is 9.47 Å². The Labute approximate surface area is 146 Å². The smallest absolute Gasteiger partial charge is 0.0720 e. The lowest BCUT2D eigenvalue weighted by molar-refractivity contribution is 0.0158. The van der Waals surface area contributed by atoms with E-state index in [4.69, 9.17) is 9.47 Å². The summed E-state index contributed by atoms with van der Waals surface area (Å²) < 4.78 is 14.5. The van der Waals surface area contributed by atoms with E-state index < -0.39 is 0 Å². The first-order chi connectivity index (χ1) is 11.1. The Morgan fingerprint density at radius 3 is 2.70 bits per heavy atom. The van der Waals surface area contributed by atoms with Gasteiger partial charge in [-0.3, -0.25) is 4.68 Å². The van der Waals surface area contributed by atoms with Crippen molar-refractivity contribution in [3.63, 3.8) is 0 Å². The van der Waals surface area contributed by atoms with Crippen LogP contribution in [-0.2, 0) is 22.6 Å². The van der Waals surface area contributed by atoms with E-state index in [0.717, 1.165) is 30.7 Å². The molecular weight excluding hydrogens is 356 g/mol. The molecule has 0 aliphatic heterocycles. The van der Waals surface area contributed by atoms with Gasteiger partial charge < -0.3 is 9.47 Å². The van der Waals surface area contributed by atoms with Crippen LogP contribution < -0.4 is 0 Å². The van der Waals surface area contributed by atoms with Crippen LogP contribution >= 0.6 is 15.9 Å². The molecule has 0 fully saturated rings. The Bertz CT molecular complexity index is 559. The van der Waals surface area contributed by atoms with E-state index in [1.165, 1.54) is 5.56 Å². The highest BCUT2D eigenvalue weighted by Gasteiger charge is 2.07. The largest absolute Gasteiger partial charge is 0.381 e. The molecule has 0 bridgehead atoms. The molecule has 0 aliphatic rings. The van der Waals surface area contributed by atoms with Crippen LogP contribution in [-0.4, -0.2) is 29.1 Å². The second-order valence-electron chi connectivity index (χ2n) is 5.96. The fourth-order valence-corrected chi connectivity index (χ4v) is 2.57. The van der Waals surface area contributed by atoms with E-state index in [-0.39, 0.29) is 6.10 Å². The number of nitrogens with zero attached hydrogens (tertiary/aromatic N) is 2. The average molecular weight is 381 g/mol. The summed E-state index contributed by atoms with van der Waals surface area (Å²) in [5.41, 5.74) is 1.21. The van der Waals surface area contributed by atoms with Gasteiger partial charge in [0.05, 0.1) is 30.0 Å². The van der Waals surface area contributed by atoms with Crippen LogP contribution in [0.5, 0.6) is 0 Å². The zero-order chi connectivity index (χ0) is 16.5. The summed E-state index contributed by atoms with van der Waals surface area (Å²) in [6.07, 6.45) is 4.90. The van der Waals surface area contributed by atoms with Crippen molar-refractivity contribution in [2.75, 3.05) is 13.2 Å². The molecule has 1 aromatic carbocycles. The lowest BCUT2D eigenvalue weighted by Crippen LogP contribution is -2.17. The zero-order valence-electron chi connectivity index (χ0n) is 13.8. The van der Waals surface area contributed by atoms with Gasteiger partial charge in [-0.05, 0) is 40.8 Å². The Morgan fingerprint density at radius 2 is 2.00 bits per heavy atom. The highest BCUT2D eigenvalue weighted by Crippen LogP contribution is 2.09. The van der Waals surface area contributed by atoms with Crippen molar-refractivity contribution in [1.29, 1.82) is 0 Å². The van der Waals surface area contributed by atoms with E-state index in [2.05, 4.69) is 47.0 Å². The second kappa shape index (κ2) is 9.85. The quantitative estimate of drug-likeness (QED) is 0.576. The molecule has 0 aliphatic carbocycles. The van der Waals surface area contributed by atoms with E-state index in [9.17, 15) is 0 Å². The maximum absolute atomic E-state index is 5.83. The van der Waals surface area contributed by atoms with Gasteiger partial charge in [-0.15, -0.1) is 0 Å². The maximum Gasteiger partial charge on any atom is 0.0720 e. The Morgan fingerprint density at radius 1 is 1.22 bits per heavy atom. The van der Waals surface area contributed by atoms with Crippen LogP contribution in [0.3, 0.4) is 0 Å². The van der Waals surface area contributed by atoms with Gasteiger partial charge >= 0.3 is 0 Å². The minimum atomic E-state index is 0.201. The summed E-state index contributed by atoms with van der Waals surface area (Å²) in [6, 6.07) is 10.2. The van der Waals surface area contributed by atoms with Crippen molar-refractivity contribution in [3.8, 4) is 0 Å². The monoisotopic (exact) mass is 380 g/mol. The molecule has 0 radical (unpaired) electrons. The molecule has 2 unspecified atom stereocenters. The normalized spacial score (nSPS) is 13.9. The van der Waals surface area contributed by atoms with E-state index >= 15 is 0 Å². The molecule has 2 rings (SSSR count). The molecule has 0 saturated carbocycles. The Hall–Kier alpha value is -1.17.